The van der Waals surface area contributed by atoms with Crippen LogP contribution >= 0.6 is 0 Å². The summed E-state index contributed by atoms with van der Waals surface area (Å²) in [5.41, 5.74) is 0.322. The molecule has 0 saturated carbocycles. The zero-order chi connectivity index (χ0) is 16.2. The average molecular weight is 301 g/mol. The van der Waals surface area contributed by atoms with Crippen LogP contribution in [-0.4, -0.2) is 22.3 Å². The Balaban J connectivity index is 2.04. The van der Waals surface area contributed by atoms with Crippen molar-refractivity contribution < 1.29 is 14.0 Å². The molecule has 2 heterocycles. The first-order chi connectivity index (χ1) is 10.3. The predicted octanol–water partition coefficient (Wildman–Crippen LogP) is 2.13. The number of nitrogens with one attached hydrogen (secondary N) is 2. The lowest BCUT2D eigenvalue weighted by atomic mass is 10.1. The van der Waals surface area contributed by atoms with Crippen LogP contribution in [0.5, 0.6) is 0 Å². The molecule has 2 rings (SSSR count). The minimum atomic E-state index is -0.353. The van der Waals surface area contributed by atoms with Gasteiger partial charge in [-0.25, -0.2) is 0 Å². The highest BCUT2D eigenvalue weighted by Crippen LogP contribution is 2.07. The first-order valence-electron chi connectivity index (χ1n) is 6.93. The van der Waals surface area contributed by atoms with Gasteiger partial charge in [-0.05, 0) is 39.0 Å². The molecule has 0 fully saturated rings. The Morgan fingerprint density at radius 2 is 1.86 bits per heavy atom. The van der Waals surface area contributed by atoms with Crippen molar-refractivity contribution in [3.63, 3.8) is 0 Å². The lowest BCUT2D eigenvalue weighted by molar-refractivity contribution is 0.0919. The monoisotopic (exact) mass is 301 g/mol. The summed E-state index contributed by atoms with van der Waals surface area (Å²) in [4.78, 5) is 28.1. The average Bonchev–Trinajstić information content (AvgIpc) is 2.96. The SMILES string of the molecule is CC(C)(C)NC(=O)c1cncc(C(=O)NCc2ccco2)c1. The molecule has 0 bridgehead atoms. The van der Waals surface area contributed by atoms with Gasteiger partial charge in [-0.1, -0.05) is 0 Å². The highest BCUT2D eigenvalue weighted by molar-refractivity contribution is 5.99. The van der Waals surface area contributed by atoms with E-state index < -0.39 is 0 Å². The second-order valence-electron chi connectivity index (χ2n) is 5.93. The zero-order valence-corrected chi connectivity index (χ0v) is 12.8. The third-order valence-electron chi connectivity index (χ3n) is 2.75. The van der Waals surface area contributed by atoms with E-state index in [-0.39, 0.29) is 23.9 Å². The van der Waals surface area contributed by atoms with Crippen molar-refractivity contribution in [2.24, 2.45) is 0 Å². The molecule has 0 aliphatic heterocycles. The largest absolute Gasteiger partial charge is 0.467 e. The molecule has 6 heteroatoms. The van der Waals surface area contributed by atoms with Gasteiger partial charge in [0.2, 0.25) is 0 Å². The summed E-state index contributed by atoms with van der Waals surface area (Å²) >= 11 is 0. The lowest BCUT2D eigenvalue weighted by Gasteiger charge is -2.20. The molecule has 0 aliphatic rings. The number of rotatable bonds is 4. The van der Waals surface area contributed by atoms with Gasteiger partial charge >= 0.3 is 0 Å². The van der Waals surface area contributed by atoms with Crippen LogP contribution in [0.4, 0.5) is 0 Å². The molecular weight excluding hydrogens is 282 g/mol. The standard InChI is InChI=1S/C16H19N3O3/c1-16(2,3)19-15(21)12-7-11(8-17-9-12)14(20)18-10-13-5-4-6-22-13/h4-9H,10H2,1-3H3,(H,18,20)(H,19,21). The lowest BCUT2D eigenvalue weighted by Crippen LogP contribution is -2.40. The van der Waals surface area contributed by atoms with Crippen LogP contribution in [0.25, 0.3) is 0 Å². The molecule has 116 valence electrons. The van der Waals surface area contributed by atoms with Crippen molar-refractivity contribution in [1.29, 1.82) is 0 Å². The zero-order valence-electron chi connectivity index (χ0n) is 12.8. The fourth-order valence-electron chi connectivity index (χ4n) is 1.78. The Morgan fingerprint density at radius 3 is 2.45 bits per heavy atom. The van der Waals surface area contributed by atoms with Crippen LogP contribution in [0, 0.1) is 0 Å². The highest BCUT2D eigenvalue weighted by Gasteiger charge is 2.17. The van der Waals surface area contributed by atoms with E-state index in [0.29, 0.717) is 16.9 Å². The Labute approximate surface area is 128 Å². The van der Waals surface area contributed by atoms with Gasteiger partial charge in [0, 0.05) is 17.9 Å². The molecule has 0 radical (unpaired) electrons. The first-order valence-corrected chi connectivity index (χ1v) is 6.93. The fourth-order valence-corrected chi connectivity index (χ4v) is 1.78. The summed E-state index contributed by atoms with van der Waals surface area (Å²) in [7, 11) is 0. The maximum atomic E-state index is 12.1. The number of carbonyl (C=O) groups excluding carboxylic acids is 2. The number of hydrogen-bond donors (Lipinski definition) is 2. The first kappa shape index (κ1) is 15.8. The van der Waals surface area contributed by atoms with Gasteiger partial charge < -0.3 is 15.1 Å². The van der Waals surface area contributed by atoms with Gasteiger partial charge in [-0.15, -0.1) is 0 Å². The van der Waals surface area contributed by atoms with Gasteiger partial charge in [-0.2, -0.15) is 0 Å². The van der Waals surface area contributed by atoms with Crippen molar-refractivity contribution in [1.82, 2.24) is 15.6 Å². The van der Waals surface area contributed by atoms with Gasteiger partial charge in [0.05, 0.1) is 23.9 Å². The van der Waals surface area contributed by atoms with E-state index in [4.69, 9.17) is 4.42 Å². The van der Waals surface area contributed by atoms with Gasteiger partial charge in [0.1, 0.15) is 5.76 Å². The Morgan fingerprint density at radius 1 is 1.18 bits per heavy atom. The van der Waals surface area contributed by atoms with Crippen LogP contribution < -0.4 is 10.6 Å². The van der Waals surface area contributed by atoms with Crippen LogP contribution in [0.2, 0.25) is 0 Å². The van der Waals surface area contributed by atoms with Gasteiger partial charge in [0.25, 0.3) is 11.8 Å². The second kappa shape index (κ2) is 6.43. The third kappa shape index (κ3) is 4.44. The molecule has 6 nitrogen and oxygen atoms in total. The molecule has 0 unspecified atom stereocenters. The molecule has 0 spiro atoms. The summed E-state index contributed by atoms with van der Waals surface area (Å²) in [6, 6.07) is 5.04. The molecule has 2 aromatic rings. The molecule has 0 atom stereocenters. The summed E-state index contributed by atoms with van der Waals surface area (Å²) in [5, 5.41) is 5.54. The van der Waals surface area contributed by atoms with Crippen LogP contribution in [-0.2, 0) is 6.54 Å². The number of nitrogens with zero attached hydrogens (tertiary/aromatic N) is 1. The number of amides is 2. The van der Waals surface area contributed by atoms with Gasteiger partial charge in [-0.3, -0.25) is 14.6 Å². The maximum absolute atomic E-state index is 12.1. The molecule has 0 aliphatic carbocycles. The summed E-state index contributed by atoms with van der Waals surface area (Å²) in [6.45, 7) is 5.94. The van der Waals surface area contributed by atoms with E-state index in [2.05, 4.69) is 15.6 Å². The molecule has 2 amide bonds. The topological polar surface area (TPSA) is 84.2 Å². The number of furan rings is 1. The van der Waals surface area contributed by atoms with Crippen LogP contribution in [0.15, 0.2) is 41.3 Å². The van der Waals surface area contributed by atoms with E-state index in [1.165, 1.54) is 18.5 Å². The van der Waals surface area contributed by atoms with Crippen molar-refractivity contribution in [2.75, 3.05) is 0 Å². The third-order valence-corrected chi connectivity index (χ3v) is 2.75. The number of carbonyl (C=O) groups is 2. The quantitative estimate of drug-likeness (QED) is 0.906. The minimum absolute atomic E-state index is 0.263. The van der Waals surface area contributed by atoms with Crippen LogP contribution in [0.1, 0.15) is 47.2 Å². The number of pyridine rings is 1. The molecular formula is C16H19N3O3. The van der Waals surface area contributed by atoms with E-state index >= 15 is 0 Å². The molecule has 2 N–H and O–H groups in total. The van der Waals surface area contributed by atoms with E-state index in [9.17, 15) is 9.59 Å². The number of hydrogen-bond acceptors (Lipinski definition) is 4. The van der Waals surface area contributed by atoms with E-state index in [1.54, 1.807) is 18.4 Å². The van der Waals surface area contributed by atoms with Crippen molar-refractivity contribution >= 4 is 11.8 Å². The minimum Gasteiger partial charge on any atom is -0.467 e. The summed E-state index contributed by atoms with van der Waals surface area (Å²) in [6.07, 6.45) is 4.40. The van der Waals surface area contributed by atoms with E-state index in [0.717, 1.165) is 0 Å². The van der Waals surface area contributed by atoms with E-state index in [1.807, 2.05) is 20.8 Å². The van der Waals surface area contributed by atoms with Crippen molar-refractivity contribution in [3.8, 4) is 0 Å². The maximum Gasteiger partial charge on any atom is 0.253 e. The predicted molar refractivity (Wildman–Crippen MR) is 81.3 cm³/mol. The normalized spacial score (nSPS) is 11.0. The molecule has 0 saturated heterocycles. The Kier molecular flexibility index (Phi) is 4.60. The van der Waals surface area contributed by atoms with Gasteiger partial charge in [0.15, 0.2) is 0 Å². The Hall–Kier alpha value is -2.63. The number of aromatic nitrogens is 1. The Bertz CT molecular complexity index is 658. The summed E-state index contributed by atoms with van der Waals surface area (Å²) < 4.78 is 5.14. The molecule has 22 heavy (non-hydrogen) atoms. The molecule has 2 aromatic heterocycles. The smallest absolute Gasteiger partial charge is 0.253 e. The van der Waals surface area contributed by atoms with Crippen LogP contribution in [0.3, 0.4) is 0 Å². The molecule has 0 aromatic carbocycles. The fraction of sp³-hybridized carbons (Fsp3) is 0.312. The summed E-state index contributed by atoms with van der Waals surface area (Å²) in [5.74, 6) is 0.0814. The van der Waals surface area contributed by atoms with Crippen molar-refractivity contribution in [2.45, 2.75) is 32.9 Å². The highest BCUT2D eigenvalue weighted by atomic mass is 16.3. The second-order valence-corrected chi connectivity index (χ2v) is 5.93. The van der Waals surface area contributed by atoms with Crippen molar-refractivity contribution in [3.05, 3.63) is 53.7 Å².